The van der Waals surface area contributed by atoms with Crippen LogP contribution in [-0.2, 0) is 4.74 Å². The number of hydrogen-bond acceptors (Lipinski definition) is 3. The molecule has 0 aliphatic heterocycles. The molecule has 2 rings (SSSR count). The first kappa shape index (κ1) is 26.4. The van der Waals surface area contributed by atoms with Gasteiger partial charge in [0.25, 0.3) is 0 Å². The van der Waals surface area contributed by atoms with Gasteiger partial charge in [0.15, 0.2) is 11.5 Å². The van der Waals surface area contributed by atoms with E-state index < -0.39 is 0 Å². The maximum Gasteiger partial charge on any atom is 0.156 e. The van der Waals surface area contributed by atoms with Crippen molar-refractivity contribution in [2.75, 3.05) is 13.2 Å². The summed E-state index contributed by atoms with van der Waals surface area (Å²) < 4.78 is 17.8. The second kappa shape index (κ2) is 11.9. The number of hydrogen-bond donors (Lipinski definition) is 0. The first-order valence-electron chi connectivity index (χ1n) is 10.5. The van der Waals surface area contributed by atoms with Crippen molar-refractivity contribution in [2.45, 2.75) is 53.8 Å². The molecule has 0 saturated heterocycles. The molecular formula is C24H30Cl4O3. The van der Waals surface area contributed by atoms with Gasteiger partial charge in [0.05, 0.1) is 45.5 Å². The van der Waals surface area contributed by atoms with Gasteiger partial charge < -0.3 is 14.2 Å². The Morgan fingerprint density at radius 3 is 1.13 bits per heavy atom. The molecule has 0 N–H and O–H groups in total. The molecule has 7 heteroatoms. The molecule has 0 aliphatic rings. The van der Waals surface area contributed by atoms with Gasteiger partial charge >= 0.3 is 0 Å². The summed E-state index contributed by atoms with van der Waals surface area (Å²) in [5.41, 5.74) is 1.78. The van der Waals surface area contributed by atoms with Gasteiger partial charge in [0.2, 0.25) is 0 Å². The van der Waals surface area contributed by atoms with Crippen LogP contribution in [0.4, 0.5) is 0 Å². The predicted molar refractivity (Wildman–Crippen MR) is 132 cm³/mol. The van der Waals surface area contributed by atoms with Gasteiger partial charge in [-0.3, -0.25) is 0 Å². The highest BCUT2D eigenvalue weighted by atomic mass is 35.5. The third kappa shape index (κ3) is 6.58. The second-order valence-electron chi connectivity index (χ2n) is 7.96. The number of ether oxygens (including phenoxy) is 3. The van der Waals surface area contributed by atoms with Crippen LogP contribution in [0.1, 0.15) is 64.9 Å². The maximum absolute atomic E-state index is 6.65. The molecule has 2 aromatic rings. The smallest absolute Gasteiger partial charge is 0.156 e. The lowest BCUT2D eigenvalue weighted by molar-refractivity contribution is -0.0610. The Balaban J connectivity index is 2.44. The molecule has 31 heavy (non-hydrogen) atoms. The number of rotatable bonds is 10. The molecule has 0 heterocycles. The van der Waals surface area contributed by atoms with Crippen LogP contribution in [0.25, 0.3) is 0 Å². The van der Waals surface area contributed by atoms with Crippen molar-refractivity contribution in [1.29, 1.82) is 0 Å². The fraction of sp³-hybridized carbons (Fsp3) is 0.500. The third-order valence-corrected chi connectivity index (χ3v) is 5.90. The van der Waals surface area contributed by atoms with E-state index in [1.165, 1.54) is 0 Å². The van der Waals surface area contributed by atoms with E-state index in [1.54, 1.807) is 0 Å². The molecule has 2 aromatic carbocycles. The minimum absolute atomic E-state index is 0.167. The van der Waals surface area contributed by atoms with Gasteiger partial charge in [0.1, 0.15) is 0 Å². The first-order chi connectivity index (χ1) is 14.6. The summed E-state index contributed by atoms with van der Waals surface area (Å²) >= 11 is 25.8. The highest BCUT2D eigenvalue weighted by molar-refractivity contribution is 6.37. The Kier molecular flexibility index (Phi) is 10.1. The predicted octanol–water partition coefficient (Wildman–Crippen LogP) is 9.21. The summed E-state index contributed by atoms with van der Waals surface area (Å²) in [6, 6.07) is 7.44. The fourth-order valence-corrected chi connectivity index (χ4v) is 4.68. The molecule has 0 saturated carbocycles. The highest BCUT2D eigenvalue weighted by Crippen LogP contribution is 2.43. The fourth-order valence-electron chi connectivity index (χ4n) is 3.45. The van der Waals surface area contributed by atoms with Crippen LogP contribution in [0.15, 0.2) is 24.3 Å². The average Bonchev–Trinajstić information content (AvgIpc) is 2.67. The van der Waals surface area contributed by atoms with Gasteiger partial charge in [-0.2, -0.15) is 0 Å². The highest BCUT2D eigenvalue weighted by Gasteiger charge is 2.27. The monoisotopic (exact) mass is 506 g/mol. The van der Waals surface area contributed by atoms with Crippen LogP contribution in [0.5, 0.6) is 11.5 Å². The summed E-state index contributed by atoms with van der Waals surface area (Å²) in [5, 5.41) is 1.86. The van der Waals surface area contributed by atoms with E-state index in [0.29, 0.717) is 44.8 Å². The topological polar surface area (TPSA) is 27.7 Å². The summed E-state index contributed by atoms with van der Waals surface area (Å²) in [4.78, 5) is 0. The molecule has 0 radical (unpaired) electrons. The van der Waals surface area contributed by atoms with Crippen molar-refractivity contribution in [3.8, 4) is 11.5 Å². The lowest BCUT2D eigenvalue weighted by atomic mass is 9.95. The summed E-state index contributed by atoms with van der Waals surface area (Å²) in [7, 11) is 0. The molecule has 0 bridgehead atoms. The zero-order valence-corrected chi connectivity index (χ0v) is 21.8. The van der Waals surface area contributed by atoms with Gasteiger partial charge in [-0.25, -0.2) is 0 Å². The Hall–Kier alpha value is -0.840. The van der Waals surface area contributed by atoms with Crippen molar-refractivity contribution >= 4 is 46.4 Å². The molecule has 0 amide bonds. The molecule has 0 aliphatic carbocycles. The van der Waals surface area contributed by atoms with E-state index in [9.17, 15) is 0 Å². The van der Waals surface area contributed by atoms with Crippen molar-refractivity contribution in [2.24, 2.45) is 11.8 Å². The quantitative estimate of drug-likeness (QED) is 0.320. The minimum atomic E-state index is -0.248. The lowest BCUT2D eigenvalue weighted by Crippen LogP contribution is -2.19. The van der Waals surface area contributed by atoms with E-state index in [2.05, 4.69) is 27.7 Å². The van der Waals surface area contributed by atoms with E-state index >= 15 is 0 Å². The summed E-state index contributed by atoms with van der Waals surface area (Å²) in [5.74, 6) is 1.31. The van der Waals surface area contributed by atoms with E-state index in [4.69, 9.17) is 60.6 Å². The Morgan fingerprint density at radius 2 is 0.903 bits per heavy atom. The molecule has 0 fully saturated rings. The normalized spacial score (nSPS) is 13.5. The zero-order valence-electron chi connectivity index (χ0n) is 18.8. The van der Waals surface area contributed by atoms with Crippen LogP contribution < -0.4 is 9.47 Å². The second-order valence-corrected chi connectivity index (χ2v) is 9.59. The number of benzene rings is 2. The minimum Gasteiger partial charge on any atom is -0.491 e. The van der Waals surface area contributed by atoms with E-state index in [-0.39, 0.29) is 24.0 Å². The summed E-state index contributed by atoms with van der Waals surface area (Å²) in [6.45, 7) is 13.1. The van der Waals surface area contributed by atoms with Crippen LogP contribution in [0.2, 0.25) is 20.1 Å². The van der Waals surface area contributed by atoms with Crippen molar-refractivity contribution in [1.82, 2.24) is 0 Å². The third-order valence-electron chi connectivity index (χ3n) is 4.78. The lowest BCUT2D eigenvalue weighted by Gasteiger charge is -2.31. The van der Waals surface area contributed by atoms with Gasteiger partial charge in [-0.05, 0) is 61.1 Å². The van der Waals surface area contributed by atoms with Gasteiger partial charge in [-0.15, -0.1) is 0 Å². The standard InChI is InChI=1S/C24H30Cl4O3/c1-7-29-23-17(25)9-15(10-18(23)26)21(13(3)4)31-22(14(5)6)16-11-19(27)24(30-8-2)20(28)12-16/h9-14,21-22H,7-8H2,1-6H3. The van der Waals surface area contributed by atoms with Crippen LogP contribution >= 0.6 is 46.4 Å². The van der Waals surface area contributed by atoms with Crippen molar-refractivity contribution < 1.29 is 14.2 Å². The van der Waals surface area contributed by atoms with Crippen molar-refractivity contribution in [3.63, 3.8) is 0 Å². The molecule has 172 valence electrons. The average molecular weight is 508 g/mol. The van der Waals surface area contributed by atoms with E-state index in [0.717, 1.165) is 11.1 Å². The van der Waals surface area contributed by atoms with Crippen LogP contribution in [-0.4, -0.2) is 13.2 Å². The maximum atomic E-state index is 6.65. The molecule has 0 aromatic heterocycles. The molecule has 2 unspecified atom stereocenters. The Morgan fingerprint density at radius 1 is 0.613 bits per heavy atom. The number of halogens is 4. The molecule has 0 spiro atoms. The molecule has 2 atom stereocenters. The first-order valence-corrected chi connectivity index (χ1v) is 12.0. The van der Waals surface area contributed by atoms with Crippen molar-refractivity contribution in [3.05, 3.63) is 55.5 Å². The summed E-state index contributed by atoms with van der Waals surface area (Å²) in [6.07, 6.45) is -0.496. The SMILES string of the molecule is CCOc1c(Cl)cc(C(OC(c2cc(Cl)c(OCC)c(Cl)c2)C(C)C)C(C)C)cc1Cl. The van der Waals surface area contributed by atoms with Gasteiger partial charge in [0, 0.05) is 0 Å². The zero-order chi connectivity index (χ0) is 23.3. The van der Waals surface area contributed by atoms with Crippen LogP contribution in [0.3, 0.4) is 0 Å². The largest absolute Gasteiger partial charge is 0.491 e. The van der Waals surface area contributed by atoms with Crippen LogP contribution in [0, 0.1) is 11.8 Å². The van der Waals surface area contributed by atoms with E-state index in [1.807, 2.05) is 38.1 Å². The Labute approximate surface area is 205 Å². The Bertz CT molecular complexity index is 766. The van der Waals surface area contributed by atoms with Gasteiger partial charge in [-0.1, -0.05) is 74.1 Å². The molecular weight excluding hydrogens is 478 g/mol. The molecule has 3 nitrogen and oxygen atoms in total.